The number of benzene rings is 3. The molecule has 3 aromatic carbocycles. The Kier molecular flexibility index (Phi) is 11.2. The molecule has 2 aliphatic rings. The number of likely N-dealkylation sites (N-methyl/N-ethyl adjacent to an activating group) is 2. The number of carbonyl (C=O) groups is 3. The van der Waals surface area contributed by atoms with Gasteiger partial charge >= 0.3 is 12.2 Å². The first-order chi connectivity index (χ1) is 27.1. The quantitative estimate of drug-likeness (QED) is 0.135. The molecule has 0 radical (unpaired) electrons. The van der Waals surface area contributed by atoms with Crippen molar-refractivity contribution in [3.05, 3.63) is 90.0 Å². The molecule has 8 rings (SSSR count). The fourth-order valence-corrected chi connectivity index (χ4v) is 6.08. The van der Waals surface area contributed by atoms with Gasteiger partial charge in [-0.25, -0.2) is 19.6 Å². The van der Waals surface area contributed by atoms with Crippen molar-refractivity contribution < 1.29 is 33.3 Å². The van der Waals surface area contributed by atoms with Crippen molar-refractivity contribution >= 4 is 63.4 Å². The molecule has 0 unspecified atom stereocenters. The molecule has 17 nitrogen and oxygen atoms in total. The summed E-state index contributed by atoms with van der Waals surface area (Å²) < 4.78 is 20.3. The normalized spacial score (nSPS) is 14.3. The van der Waals surface area contributed by atoms with Gasteiger partial charge in [-0.3, -0.25) is 15.4 Å². The van der Waals surface area contributed by atoms with Crippen LogP contribution < -0.4 is 25.2 Å². The van der Waals surface area contributed by atoms with E-state index in [4.69, 9.17) is 9.47 Å². The van der Waals surface area contributed by atoms with Crippen molar-refractivity contribution in [1.82, 2.24) is 29.8 Å². The molecular formula is C39H42N10O7. The predicted octanol–water partition coefficient (Wildman–Crippen LogP) is 5.49. The molecule has 56 heavy (non-hydrogen) atoms. The van der Waals surface area contributed by atoms with Crippen LogP contribution in [-0.4, -0.2) is 122 Å². The molecule has 0 aliphatic carbocycles. The second kappa shape index (κ2) is 16.7. The summed E-state index contributed by atoms with van der Waals surface area (Å²) in [6, 6.07) is 24.3. The molecule has 2 fully saturated rings. The van der Waals surface area contributed by atoms with Gasteiger partial charge in [0.1, 0.15) is 11.6 Å². The van der Waals surface area contributed by atoms with Gasteiger partial charge in [-0.1, -0.05) is 6.07 Å². The number of amides is 2. The lowest BCUT2D eigenvalue weighted by Gasteiger charge is -2.36. The van der Waals surface area contributed by atoms with Crippen molar-refractivity contribution in [1.29, 1.82) is 0 Å². The molecule has 2 amide bonds. The van der Waals surface area contributed by atoms with Gasteiger partial charge in [0.05, 0.1) is 55.5 Å². The first kappa shape index (κ1) is 37.6. The zero-order valence-corrected chi connectivity index (χ0v) is 31.4. The number of pyridine rings is 1. The third-order valence-corrected chi connectivity index (χ3v) is 9.47. The third kappa shape index (κ3) is 8.80. The molecule has 0 bridgehead atoms. The van der Waals surface area contributed by atoms with Crippen molar-refractivity contribution in [2.75, 3.05) is 88.1 Å². The monoisotopic (exact) mass is 762 g/mol. The number of piperazine rings is 1. The van der Waals surface area contributed by atoms with E-state index in [2.05, 4.69) is 66.8 Å². The number of H-pyrrole nitrogens is 2. The Morgan fingerprint density at radius 1 is 0.768 bits per heavy atom. The molecule has 4 N–H and O–H groups in total. The van der Waals surface area contributed by atoms with Gasteiger partial charge in [0.25, 0.3) is 0 Å². The Morgan fingerprint density at radius 3 is 1.98 bits per heavy atom. The second-order valence-corrected chi connectivity index (χ2v) is 13.2. The van der Waals surface area contributed by atoms with E-state index in [0.717, 1.165) is 56.4 Å². The van der Waals surface area contributed by atoms with Crippen LogP contribution in [0.3, 0.4) is 0 Å². The van der Waals surface area contributed by atoms with Crippen LogP contribution in [0.4, 0.5) is 33.0 Å². The van der Waals surface area contributed by atoms with Gasteiger partial charge in [0.2, 0.25) is 17.8 Å². The smallest absolute Gasteiger partial charge is 0.413 e. The SMILES string of the molecule is COC(=O)Nc1nc2ccc(C(=O)c3ccc(N(C)C4COC4)cc3)cc2[nH]1.COC(=O)Nc1nc2ccc(Oc3cccc(N4CCN(C)CC4)n3)cc2[nH]1. The highest BCUT2D eigenvalue weighted by atomic mass is 16.5. The van der Waals surface area contributed by atoms with E-state index >= 15 is 0 Å². The largest absolute Gasteiger partial charge is 0.453 e. The summed E-state index contributed by atoms with van der Waals surface area (Å²) in [7, 11) is 6.73. The number of carbonyl (C=O) groups excluding carboxylic acids is 3. The molecule has 3 aromatic heterocycles. The number of anilines is 4. The van der Waals surface area contributed by atoms with E-state index < -0.39 is 12.2 Å². The molecule has 0 spiro atoms. The average Bonchev–Trinajstić information content (AvgIpc) is 3.79. The number of hydrogen-bond donors (Lipinski definition) is 4. The zero-order valence-electron chi connectivity index (χ0n) is 31.4. The number of aromatic amines is 2. The van der Waals surface area contributed by atoms with Crippen LogP contribution in [0.5, 0.6) is 11.6 Å². The number of fused-ring (bicyclic) bond motifs is 2. The second-order valence-electron chi connectivity index (χ2n) is 13.2. The molecule has 5 heterocycles. The van der Waals surface area contributed by atoms with Crippen LogP contribution in [0.1, 0.15) is 15.9 Å². The van der Waals surface area contributed by atoms with Gasteiger partial charge in [-0.2, -0.15) is 4.98 Å². The highest BCUT2D eigenvalue weighted by Crippen LogP contribution is 2.27. The fraction of sp³-hybridized carbons (Fsp3) is 0.282. The highest BCUT2D eigenvalue weighted by molar-refractivity contribution is 6.10. The summed E-state index contributed by atoms with van der Waals surface area (Å²) in [6.45, 7) is 5.39. The molecular weight excluding hydrogens is 720 g/mol. The maximum absolute atomic E-state index is 12.8. The summed E-state index contributed by atoms with van der Waals surface area (Å²) in [5, 5.41) is 4.98. The molecule has 17 heteroatoms. The Morgan fingerprint density at radius 2 is 1.38 bits per heavy atom. The van der Waals surface area contributed by atoms with Gasteiger partial charge in [0, 0.05) is 62.2 Å². The molecule has 2 saturated heterocycles. The Balaban J connectivity index is 0.000000172. The first-order valence-electron chi connectivity index (χ1n) is 17.9. The van der Waals surface area contributed by atoms with Crippen molar-refractivity contribution in [3.8, 4) is 11.6 Å². The molecule has 290 valence electrons. The van der Waals surface area contributed by atoms with Gasteiger partial charge in [-0.05, 0) is 67.7 Å². The van der Waals surface area contributed by atoms with E-state index in [1.807, 2.05) is 67.7 Å². The fourth-order valence-electron chi connectivity index (χ4n) is 6.08. The summed E-state index contributed by atoms with van der Waals surface area (Å²) >= 11 is 0. The minimum atomic E-state index is -0.617. The number of nitrogens with zero attached hydrogens (tertiary/aromatic N) is 6. The van der Waals surface area contributed by atoms with E-state index in [1.54, 1.807) is 18.2 Å². The number of rotatable bonds is 9. The summed E-state index contributed by atoms with van der Waals surface area (Å²) in [4.78, 5) is 61.3. The van der Waals surface area contributed by atoms with Gasteiger partial charge < -0.3 is 43.6 Å². The van der Waals surface area contributed by atoms with E-state index in [9.17, 15) is 14.4 Å². The minimum absolute atomic E-state index is 0.0832. The van der Waals surface area contributed by atoms with Crippen molar-refractivity contribution in [3.63, 3.8) is 0 Å². The van der Waals surface area contributed by atoms with E-state index in [1.165, 1.54) is 14.2 Å². The topological polar surface area (TPSA) is 192 Å². The van der Waals surface area contributed by atoms with E-state index in [0.29, 0.717) is 51.3 Å². The molecule has 0 atom stereocenters. The van der Waals surface area contributed by atoms with Crippen LogP contribution in [0, 0.1) is 0 Å². The van der Waals surface area contributed by atoms with Crippen molar-refractivity contribution in [2.24, 2.45) is 0 Å². The van der Waals surface area contributed by atoms with Crippen LogP contribution in [-0.2, 0) is 14.2 Å². The maximum Gasteiger partial charge on any atom is 0.413 e. The third-order valence-electron chi connectivity index (χ3n) is 9.47. The first-order valence-corrected chi connectivity index (χ1v) is 17.9. The average molecular weight is 763 g/mol. The molecule has 2 aliphatic heterocycles. The highest BCUT2D eigenvalue weighted by Gasteiger charge is 2.23. The number of ether oxygens (including phenoxy) is 4. The van der Waals surface area contributed by atoms with E-state index in [-0.39, 0.29) is 11.7 Å². The number of hydrogen-bond acceptors (Lipinski definition) is 13. The molecule has 0 saturated carbocycles. The lowest BCUT2D eigenvalue weighted by atomic mass is 10.0. The number of methoxy groups -OCH3 is 2. The summed E-state index contributed by atoms with van der Waals surface area (Å²) in [5.74, 6) is 2.57. The number of ketones is 1. The van der Waals surface area contributed by atoms with Crippen LogP contribution in [0.15, 0.2) is 78.9 Å². The lowest BCUT2D eigenvalue weighted by Crippen LogP contribution is -2.47. The number of imidazole rings is 2. The Hall–Kier alpha value is -6.72. The predicted molar refractivity (Wildman–Crippen MR) is 211 cm³/mol. The minimum Gasteiger partial charge on any atom is -0.453 e. The summed E-state index contributed by atoms with van der Waals surface area (Å²) in [5.41, 5.74) is 4.92. The lowest BCUT2D eigenvalue weighted by molar-refractivity contribution is 0.0101. The maximum atomic E-state index is 12.8. The zero-order chi connectivity index (χ0) is 39.2. The van der Waals surface area contributed by atoms with Crippen molar-refractivity contribution in [2.45, 2.75) is 6.04 Å². The standard InChI is InChI=1S/C20H20N4O4.C19H22N6O3/c1-24(15-10-28-11-15)14-6-3-12(4-7-14)18(25)13-5-8-16-17(9-13)22-19(21-16)23-20(26)27-2;1-24-8-10-25(11-9-24)16-4-3-5-17(22-16)28-13-6-7-14-15(12-13)21-18(20-14)23-19(26)27-2/h3-9,15H,10-11H2,1-2H3,(H2,21,22,23,26);3-7,12H,8-11H2,1-2H3,(H2,20,21,23,26). The Labute approximate surface area is 321 Å². The van der Waals surface area contributed by atoms with Crippen LogP contribution in [0.25, 0.3) is 22.1 Å². The summed E-state index contributed by atoms with van der Waals surface area (Å²) in [6.07, 6.45) is -1.20. The van der Waals surface area contributed by atoms with Gasteiger partial charge in [0.15, 0.2) is 5.78 Å². The van der Waals surface area contributed by atoms with Crippen LogP contribution >= 0.6 is 0 Å². The molecule has 6 aromatic rings. The Bertz CT molecular complexity index is 2330. The van der Waals surface area contributed by atoms with Crippen LogP contribution in [0.2, 0.25) is 0 Å². The number of aromatic nitrogens is 5. The van der Waals surface area contributed by atoms with Gasteiger partial charge in [-0.15, -0.1) is 0 Å². The number of nitrogens with one attached hydrogen (secondary N) is 4.